The van der Waals surface area contributed by atoms with E-state index in [-0.39, 0.29) is 17.8 Å². The third-order valence-corrected chi connectivity index (χ3v) is 16.6. The zero-order valence-corrected chi connectivity index (χ0v) is 61.0. The molecule has 0 aliphatic carbocycles. The molecule has 0 radical (unpaired) electrons. The summed E-state index contributed by atoms with van der Waals surface area (Å²) in [6.07, 6.45) is 10.2. The van der Waals surface area contributed by atoms with Crippen molar-refractivity contribution in [3.05, 3.63) is 343 Å². The Labute approximate surface area is 662 Å². The molecule has 562 valence electrons. The second-order valence-electron chi connectivity index (χ2n) is 24.7. The number of nitrogens with one attached hydrogen (secondary N) is 6. The Hall–Kier alpha value is -17.9. The summed E-state index contributed by atoms with van der Waals surface area (Å²) >= 11 is 0. The van der Waals surface area contributed by atoms with Crippen LogP contribution in [0.15, 0.2) is 316 Å². The molecule has 0 atom stereocenters. The van der Waals surface area contributed by atoms with Gasteiger partial charge in [-0.05, 0) is 166 Å². The fraction of sp³-hybridized carbons (Fsp3) is 0. The number of pyridine rings is 4. The van der Waals surface area contributed by atoms with Gasteiger partial charge in [0.25, 0.3) is 34.4 Å². The molecule has 0 saturated heterocycles. The first kappa shape index (κ1) is 74.6. The van der Waals surface area contributed by atoms with Crippen molar-refractivity contribution in [2.45, 2.75) is 0 Å². The quantitative estimate of drug-likeness (QED) is 0.0489. The van der Waals surface area contributed by atoms with Gasteiger partial charge >= 0.3 is 0 Å². The monoisotopic (exact) mass is 1530 g/mol. The molecule has 0 fully saturated rings. The van der Waals surface area contributed by atoms with Crippen molar-refractivity contribution in [1.82, 2.24) is 95.7 Å². The molecule has 0 spiro atoms. The Balaban J connectivity index is 0.000000110. The highest BCUT2D eigenvalue weighted by Crippen LogP contribution is 2.24. The summed E-state index contributed by atoms with van der Waals surface area (Å²) < 4.78 is 0. The molecule has 6 N–H and O–H groups in total. The number of nitrogens with zero attached hydrogens (tertiary/aromatic N) is 24. The lowest BCUT2D eigenvalue weighted by Crippen LogP contribution is -2.33. The van der Waals surface area contributed by atoms with E-state index < -0.39 is 0 Å². The number of anilines is 12. The maximum atomic E-state index is 11.9. The van der Waals surface area contributed by atoms with Gasteiger partial charge in [0.15, 0.2) is 0 Å². The minimum absolute atomic E-state index is 0.211. The summed E-state index contributed by atoms with van der Waals surface area (Å²) in [5.41, 5.74) is 15.5. The zero-order chi connectivity index (χ0) is 79.9. The summed E-state index contributed by atoms with van der Waals surface area (Å²) in [6, 6.07) is 88.9. The van der Waals surface area contributed by atoms with Crippen LogP contribution in [0.1, 0.15) is 11.1 Å². The van der Waals surface area contributed by atoms with Gasteiger partial charge in [-0.15, -0.1) is 30.6 Å². The smallest absolute Gasteiger partial charge is 0.295 e. The first-order valence-electron chi connectivity index (χ1n) is 35.5. The van der Waals surface area contributed by atoms with E-state index in [0.717, 1.165) is 83.3 Å². The van der Waals surface area contributed by atoms with E-state index in [1.165, 1.54) is 0 Å². The Bertz CT molecular complexity index is 6890. The second-order valence-corrected chi connectivity index (χ2v) is 24.7. The molecule has 0 aliphatic heterocycles. The first-order chi connectivity index (χ1) is 57.5. The van der Waals surface area contributed by atoms with Crippen molar-refractivity contribution in [3.8, 4) is 12.1 Å². The van der Waals surface area contributed by atoms with Crippen LogP contribution < -0.4 is 46.4 Å². The van der Waals surface area contributed by atoms with E-state index in [4.69, 9.17) is 10.5 Å². The van der Waals surface area contributed by atoms with Gasteiger partial charge in [0.05, 0.1) is 114 Å². The molecule has 10 aromatic carbocycles. The van der Waals surface area contributed by atoms with Crippen LogP contribution in [0.2, 0.25) is 0 Å². The van der Waals surface area contributed by atoms with Crippen LogP contribution >= 0.6 is 0 Å². The summed E-state index contributed by atoms with van der Waals surface area (Å²) in [5.74, 6) is 2.07. The topological polar surface area (TPSA) is 445 Å². The molecule has 10 aromatic heterocycles. The Kier molecular flexibility index (Phi) is 23.0. The zero-order valence-electron chi connectivity index (χ0n) is 61.0. The number of fused-ring (bicyclic) bond motifs is 8. The minimum Gasteiger partial charge on any atom is -0.594 e. The molecule has 0 bridgehead atoms. The number of hydrogen-bond acceptors (Lipinski definition) is 30. The van der Waals surface area contributed by atoms with E-state index in [0.29, 0.717) is 82.3 Å². The molecule has 0 unspecified atom stereocenters. The fourth-order valence-corrected chi connectivity index (χ4v) is 11.1. The molecule has 0 amide bonds. The lowest BCUT2D eigenvalue weighted by atomic mass is 10.2. The van der Waals surface area contributed by atoms with Crippen molar-refractivity contribution in [2.75, 3.05) is 31.9 Å². The number of nitriles is 2. The average Bonchev–Trinajstić information content (AvgIpc) is 0.820. The predicted molar refractivity (Wildman–Crippen MR) is 441 cm³/mol. The van der Waals surface area contributed by atoms with Gasteiger partial charge in [-0.1, -0.05) is 109 Å². The highest BCUT2D eigenvalue weighted by atomic mass is 16.5. The summed E-state index contributed by atoms with van der Waals surface area (Å²) in [4.78, 5) is 44.4. The van der Waals surface area contributed by atoms with Crippen LogP contribution in [0, 0.1) is 38.3 Å². The normalized spacial score (nSPS) is 10.5. The molecular weight excluding hydrogens is 1480 g/mol. The number of hydrogen-bond donors (Lipinski definition) is 6. The molecule has 117 heavy (non-hydrogen) atoms. The number of benzene rings is 10. The molecule has 10 heterocycles. The average molecular weight is 1540 g/mol. The molecular formula is C84H58N30O3. The van der Waals surface area contributed by atoms with Crippen molar-refractivity contribution >= 4 is 158 Å². The van der Waals surface area contributed by atoms with E-state index in [2.05, 4.69) is 134 Å². The van der Waals surface area contributed by atoms with Gasteiger partial charge < -0.3 is 47.5 Å². The largest absolute Gasteiger partial charge is 0.594 e. The number of rotatable bonds is 12. The molecule has 0 aliphatic rings. The SMILES string of the molecule is N#Cc1ccc(Nc2nc3ccccc3[n+]([O-])n2)cc1.N#Cc1ccc(Nc2nnc3ccccc3n2)cc1.[O-][n+]1nc(Nc2cccnc2)nc2ccccc21.[O-][n+]1nc(Nc2cnc3ccccc3c2)nc2ccccc21.c1ccc2ncc(Nc3nnc4ccccc4n3)cc2c1.c1cncc(Nc2nnc3ccccc3n2)c1. The van der Waals surface area contributed by atoms with Gasteiger partial charge in [0.1, 0.15) is 33.1 Å². The highest BCUT2D eigenvalue weighted by Gasteiger charge is 2.15. The maximum absolute atomic E-state index is 11.9. The van der Waals surface area contributed by atoms with Crippen LogP contribution in [-0.4, -0.2) is 95.7 Å². The number of para-hydroxylation sites is 11. The molecule has 33 nitrogen and oxygen atoms in total. The van der Waals surface area contributed by atoms with Crippen LogP contribution in [0.3, 0.4) is 0 Å². The predicted octanol–water partition coefficient (Wildman–Crippen LogP) is 14.0. The van der Waals surface area contributed by atoms with Crippen molar-refractivity contribution in [1.29, 1.82) is 10.5 Å². The van der Waals surface area contributed by atoms with Crippen molar-refractivity contribution < 1.29 is 14.5 Å². The molecule has 20 aromatic rings. The summed E-state index contributed by atoms with van der Waals surface area (Å²) in [7, 11) is 0. The van der Waals surface area contributed by atoms with Crippen LogP contribution in [0.25, 0.3) is 88.0 Å². The summed E-state index contributed by atoms with van der Waals surface area (Å²) in [6.45, 7) is 0. The van der Waals surface area contributed by atoms with Crippen LogP contribution in [0.5, 0.6) is 0 Å². The standard InChI is InChI=1S/C16H11N5O.C16H11N5.C14H9N5O.C14H9N5.C12H9N5O.C12H9N5/c22-21-15-8-4-3-7-14(15)19-16(20-21)18-12-9-11-5-1-2-6-13(11)17-10-12;1-2-6-13-11(5-1)9-12(10-17-13)18-16-19-14-7-3-4-8-15(14)20-21-16;15-9-10-5-7-11(8-6-10)16-14-17-12-3-1-2-4-13(12)19(20)18-14;15-9-10-5-7-11(8-6-10)16-14-17-12-3-1-2-4-13(12)18-19-14;18-17-11-6-2-1-5-10(11)15-12(16-17)14-9-4-3-7-13-8-9;1-2-6-11-10(5-1)15-12(17-16-11)14-9-4-3-7-13-8-9/h1-10H,(H,18,19,20);1-10H,(H,18,19,21);1-8H,(H,16,17,18);1-8H,(H,16,17,19);1-8H,(H,14,15,16);1-8H,(H,14,15,17). The molecule has 33 heteroatoms. The van der Waals surface area contributed by atoms with Gasteiger partial charge in [-0.2, -0.15) is 10.5 Å². The van der Waals surface area contributed by atoms with Crippen molar-refractivity contribution in [3.63, 3.8) is 0 Å². The highest BCUT2D eigenvalue weighted by molar-refractivity contribution is 5.85. The Morgan fingerprint density at radius 1 is 0.248 bits per heavy atom. The second kappa shape index (κ2) is 36.1. The van der Waals surface area contributed by atoms with Gasteiger partial charge in [-0.3, -0.25) is 19.9 Å². The van der Waals surface area contributed by atoms with Crippen LogP contribution in [0.4, 0.5) is 69.8 Å². The van der Waals surface area contributed by atoms with Gasteiger partial charge in [-0.25, -0.2) is 29.9 Å². The van der Waals surface area contributed by atoms with E-state index in [1.54, 1.807) is 152 Å². The molecule has 0 saturated carbocycles. The van der Waals surface area contributed by atoms with Crippen LogP contribution in [-0.2, 0) is 0 Å². The molecule has 20 rings (SSSR count). The van der Waals surface area contributed by atoms with E-state index in [1.807, 2.05) is 170 Å². The summed E-state index contributed by atoms with van der Waals surface area (Å²) in [5, 5.41) is 109. The van der Waals surface area contributed by atoms with E-state index in [9.17, 15) is 15.6 Å². The third kappa shape index (κ3) is 19.6. The Morgan fingerprint density at radius 2 is 0.530 bits per heavy atom. The van der Waals surface area contributed by atoms with E-state index >= 15 is 0 Å². The fourth-order valence-electron chi connectivity index (χ4n) is 11.1. The van der Waals surface area contributed by atoms with Crippen molar-refractivity contribution in [2.24, 2.45) is 0 Å². The van der Waals surface area contributed by atoms with Gasteiger partial charge in [0, 0.05) is 52.7 Å². The lowest BCUT2D eigenvalue weighted by molar-refractivity contribution is -0.641. The third-order valence-electron chi connectivity index (χ3n) is 16.6. The maximum Gasteiger partial charge on any atom is 0.295 e. The van der Waals surface area contributed by atoms with Gasteiger partial charge in [0.2, 0.25) is 17.8 Å². The Morgan fingerprint density at radius 3 is 0.880 bits per heavy atom. The number of aromatic nitrogens is 22. The first-order valence-corrected chi connectivity index (χ1v) is 35.5. The minimum atomic E-state index is 0.211. The lowest BCUT2D eigenvalue weighted by Gasteiger charge is -2.06.